The molecule has 0 aliphatic carbocycles. The van der Waals surface area contributed by atoms with Crippen LogP contribution in [0.25, 0.3) is 11.5 Å². The predicted molar refractivity (Wildman–Crippen MR) is 71.9 cm³/mol. The summed E-state index contributed by atoms with van der Waals surface area (Å²) in [4.78, 5) is 11.7. The van der Waals surface area contributed by atoms with Crippen LogP contribution in [0.4, 0.5) is 0 Å². The number of hydrogen-bond donors (Lipinski definition) is 1. The van der Waals surface area contributed by atoms with Gasteiger partial charge >= 0.3 is 11.8 Å². The molecule has 0 aliphatic rings. The highest BCUT2D eigenvalue weighted by atomic mass is 35.5. The van der Waals surface area contributed by atoms with E-state index in [4.69, 9.17) is 16.0 Å². The highest BCUT2D eigenvalue weighted by molar-refractivity contribution is 6.30. The van der Waals surface area contributed by atoms with Crippen LogP contribution in [-0.4, -0.2) is 22.6 Å². The van der Waals surface area contributed by atoms with Gasteiger partial charge in [-0.3, -0.25) is 4.79 Å². The summed E-state index contributed by atoms with van der Waals surface area (Å²) < 4.78 is 5.33. The molecule has 0 fully saturated rings. The molecule has 1 N–H and O–H groups in total. The lowest BCUT2D eigenvalue weighted by atomic mass is 10.2. The first-order valence-corrected chi connectivity index (χ1v) is 6.31. The van der Waals surface area contributed by atoms with Gasteiger partial charge in [-0.05, 0) is 30.2 Å². The summed E-state index contributed by atoms with van der Waals surface area (Å²) in [5, 5.41) is 10.9. The largest absolute Gasteiger partial charge is 0.412 e. The number of nitrogens with one attached hydrogen (secondary N) is 1. The maximum absolute atomic E-state index is 11.7. The summed E-state index contributed by atoms with van der Waals surface area (Å²) in [7, 11) is 0. The molecule has 1 aromatic heterocycles. The molecule has 0 radical (unpaired) electrons. The monoisotopic (exact) mass is 279 g/mol. The molecule has 0 atom stereocenters. The lowest BCUT2D eigenvalue weighted by Gasteiger charge is -2.04. The summed E-state index contributed by atoms with van der Waals surface area (Å²) in [6.07, 6.45) is 0. The molecule has 5 nitrogen and oxygen atoms in total. The van der Waals surface area contributed by atoms with Gasteiger partial charge in [0.25, 0.3) is 0 Å². The van der Waals surface area contributed by atoms with Gasteiger partial charge in [0.2, 0.25) is 5.89 Å². The Labute approximate surface area is 116 Å². The summed E-state index contributed by atoms with van der Waals surface area (Å²) in [6, 6.07) is 6.95. The van der Waals surface area contributed by atoms with Crippen molar-refractivity contribution in [1.29, 1.82) is 0 Å². The molecule has 19 heavy (non-hydrogen) atoms. The van der Waals surface area contributed by atoms with Crippen LogP contribution in [0.15, 0.2) is 28.7 Å². The Morgan fingerprint density at radius 1 is 1.32 bits per heavy atom. The van der Waals surface area contributed by atoms with Crippen LogP contribution < -0.4 is 5.32 Å². The maximum atomic E-state index is 11.7. The quantitative estimate of drug-likeness (QED) is 0.934. The van der Waals surface area contributed by atoms with Gasteiger partial charge in [-0.1, -0.05) is 25.4 Å². The Bertz CT molecular complexity index is 564. The molecule has 1 heterocycles. The van der Waals surface area contributed by atoms with E-state index in [0.29, 0.717) is 23.4 Å². The third-order valence-corrected chi connectivity index (χ3v) is 2.63. The molecule has 0 aliphatic heterocycles. The van der Waals surface area contributed by atoms with Crippen LogP contribution >= 0.6 is 11.6 Å². The van der Waals surface area contributed by atoms with Crippen molar-refractivity contribution < 1.29 is 9.21 Å². The fourth-order valence-electron chi connectivity index (χ4n) is 1.40. The van der Waals surface area contributed by atoms with Crippen molar-refractivity contribution in [2.24, 2.45) is 5.92 Å². The standard InChI is InChI=1S/C13H14ClN3O2/c1-8(2)7-15-11(18)13-17-16-12(19-13)9-3-5-10(14)6-4-9/h3-6,8H,7H2,1-2H3,(H,15,18). The van der Waals surface area contributed by atoms with Gasteiger partial charge in [0, 0.05) is 17.1 Å². The number of carbonyl (C=O) groups is 1. The first kappa shape index (κ1) is 13.5. The van der Waals surface area contributed by atoms with Crippen LogP contribution in [0.1, 0.15) is 24.5 Å². The SMILES string of the molecule is CC(C)CNC(=O)c1nnc(-c2ccc(Cl)cc2)o1. The average Bonchev–Trinajstić information content (AvgIpc) is 2.86. The zero-order chi connectivity index (χ0) is 13.8. The first-order chi connectivity index (χ1) is 9.06. The summed E-state index contributed by atoms with van der Waals surface area (Å²) in [5.74, 6) is 0.265. The van der Waals surface area contributed by atoms with Crippen molar-refractivity contribution in [2.75, 3.05) is 6.54 Å². The second-order valence-corrected chi connectivity index (χ2v) is 4.96. The molecule has 2 aromatic rings. The zero-order valence-corrected chi connectivity index (χ0v) is 11.4. The van der Waals surface area contributed by atoms with Crippen molar-refractivity contribution in [2.45, 2.75) is 13.8 Å². The van der Waals surface area contributed by atoms with Gasteiger partial charge < -0.3 is 9.73 Å². The molecule has 1 amide bonds. The van der Waals surface area contributed by atoms with Crippen LogP contribution in [0.2, 0.25) is 5.02 Å². The summed E-state index contributed by atoms with van der Waals surface area (Å²) in [6.45, 7) is 4.58. The first-order valence-electron chi connectivity index (χ1n) is 5.94. The number of amides is 1. The molecule has 1 aromatic carbocycles. The Hall–Kier alpha value is -1.88. The van der Waals surface area contributed by atoms with Gasteiger partial charge in [-0.15, -0.1) is 10.2 Å². The van der Waals surface area contributed by atoms with E-state index in [1.54, 1.807) is 24.3 Å². The van der Waals surface area contributed by atoms with Crippen LogP contribution in [0.3, 0.4) is 0 Å². The molecule has 0 bridgehead atoms. The van der Waals surface area contributed by atoms with Crippen molar-refractivity contribution in [3.05, 3.63) is 35.2 Å². The Kier molecular flexibility index (Phi) is 4.16. The number of benzene rings is 1. The van der Waals surface area contributed by atoms with Gasteiger partial charge in [0.1, 0.15) is 0 Å². The zero-order valence-electron chi connectivity index (χ0n) is 10.7. The number of nitrogens with zero attached hydrogens (tertiary/aromatic N) is 2. The Morgan fingerprint density at radius 2 is 2.00 bits per heavy atom. The van der Waals surface area contributed by atoms with Crippen LogP contribution in [-0.2, 0) is 0 Å². The lowest BCUT2D eigenvalue weighted by Crippen LogP contribution is -2.27. The molecule has 0 unspecified atom stereocenters. The molecular formula is C13H14ClN3O2. The average molecular weight is 280 g/mol. The Balaban J connectivity index is 2.10. The summed E-state index contributed by atoms with van der Waals surface area (Å²) >= 11 is 5.79. The van der Waals surface area contributed by atoms with E-state index in [2.05, 4.69) is 15.5 Å². The van der Waals surface area contributed by atoms with E-state index in [1.807, 2.05) is 13.8 Å². The Morgan fingerprint density at radius 3 is 2.63 bits per heavy atom. The second-order valence-electron chi connectivity index (χ2n) is 4.52. The maximum Gasteiger partial charge on any atom is 0.308 e. The predicted octanol–water partition coefficient (Wildman–Crippen LogP) is 2.78. The topological polar surface area (TPSA) is 68.0 Å². The van der Waals surface area contributed by atoms with Crippen molar-refractivity contribution >= 4 is 17.5 Å². The number of aromatic nitrogens is 2. The van der Waals surface area contributed by atoms with Crippen molar-refractivity contribution in [3.8, 4) is 11.5 Å². The number of rotatable bonds is 4. The van der Waals surface area contributed by atoms with E-state index in [9.17, 15) is 4.79 Å². The fourth-order valence-corrected chi connectivity index (χ4v) is 1.52. The molecule has 0 saturated heterocycles. The highest BCUT2D eigenvalue weighted by Crippen LogP contribution is 2.20. The smallest absolute Gasteiger partial charge is 0.308 e. The third kappa shape index (κ3) is 3.54. The van der Waals surface area contributed by atoms with Gasteiger partial charge in [-0.2, -0.15) is 0 Å². The molecule has 100 valence electrons. The molecule has 2 rings (SSSR count). The minimum Gasteiger partial charge on any atom is -0.412 e. The van der Waals surface area contributed by atoms with E-state index in [-0.39, 0.29) is 11.8 Å². The van der Waals surface area contributed by atoms with E-state index in [1.165, 1.54) is 0 Å². The van der Waals surface area contributed by atoms with E-state index in [0.717, 1.165) is 5.56 Å². The molecule has 0 saturated carbocycles. The van der Waals surface area contributed by atoms with Gasteiger partial charge in [0.15, 0.2) is 0 Å². The fraction of sp³-hybridized carbons (Fsp3) is 0.308. The van der Waals surface area contributed by atoms with Crippen molar-refractivity contribution in [3.63, 3.8) is 0 Å². The highest BCUT2D eigenvalue weighted by Gasteiger charge is 2.15. The number of carbonyl (C=O) groups excluding carboxylic acids is 1. The van der Waals surface area contributed by atoms with Crippen molar-refractivity contribution in [1.82, 2.24) is 15.5 Å². The number of hydrogen-bond acceptors (Lipinski definition) is 4. The molecule has 6 heteroatoms. The summed E-state index contributed by atoms with van der Waals surface area (Å²) in [5.41, 5.74) is 0.722. The molecule has 0 spiro atoms. The van der Waals surface area contributed by atoms with E-state index < -0.39 is 0 Å². The normalized spacial score (nSPS) is 10.7. The van der Waals surface area contributed by atoms with Gasteiger partial charge in [-0.25, -0.2) is 0 Å². The second kappa shape index (κ2) is 5.84. The van der Waals surface area contributed by atoms with Gasteiger partial charge in [0.05, 0.1) is 0 Å². The number of halogens is 1. The van der Waals surface area contributed by atoms with Crippen LogP contribution in [0.5, 0.6) is 0 Å². The third-order valence-electron chi connectivity index (χ3n) is 2.38. The van der Waals surface area contributed by atoms with E-state index >= 15 is 0 Å². The van der Waals surface area contributed by atoms with Crippen LogP contribution in [0, 0.1) is 5.92 Å². The minimum absolute atomic E-state index is 0.0365. The lowest BCUT2D eigenvalue weighted by molar-refractivity contribution is 0.0915. The molecular weight excluding hydrogens is 266 g/mol. The minimum atomic E-state index is -0.360.